The maximum atomic E-state index is 12.8. The molecule has 144 valence electrons. The van der Waals surface area contributed by atoms with Crippen molar-refractivity contribution in [1.29, 1.82) is 0 Å². The van der Waals surface area contributed by atoms with E-state index in [9.17, 15) is 18.0 Å². The predicted molar refractivity (Wildman–Crippen MR) is 96.6 cm³/mol. The molecule has 8 heteroatoms. The van der Waals surface area contributed by atoms with Gasteiger partial charge in [-0.05, 0) is 24.6 Å². The number of nitrogens with one attached hydrogen (secondary N) is 1. The number of benzene rings is 1. The maximum Gasteiger partial charge on any atom is 0.416 e. The second-order valence-electron chi connectivity index (χ2n) is 7.43. The van der Waals surface area contributed by atoms with Gasteiger partial charge in [0, 0.05) is 12.0 Å². The minimum Gasteiger partial charge on any atom is -0.345 e. The highest BCUT2D eigenvalue weighted by Crippen LogP contribution is 2.35. The fraction of sp³-hybridized carbons (Fsp3) is 0.421. The third kappa shape index (κ3) is 3.61. The largest absolute Gasteiger partial charge is 0.416 e. The Labute approximate surface area is 155 Å². The van der Waals surface area contributed by atoms with Gasteiger partial charge in [0.05, 0.1) is 23.5 Å². The summed E-state index contributed by atoms with van der Waals surface area (Å²) in [5.74, 6) is -0.291. The average molecular weight is 378 g/mol. The Hall–Kier alpha value is -2.64. The summed E-state index contributed by atoms with van der Waals surface area (Å²) in [7, 11) is 0. The molecule has 0 atom stereocenters. The van der Waals surface area contributed by atoms with Gasteiger partial charge in [0.1, 0.15) is 5.69 Å². The Morgan fingerprint density at radius 2 is 1.78 bits per heavy atom. The average Bonchev–Trinajstić information content (AvgIpc) is 2.88. The number of alkyl halides is 3. The van der Waals surface area contributed by atoms with Crippen molar-refractivity contribution in [3.63, 3.8) is 0 Å². The summed E-state index contributed by atoms with van der Waals surface area (Å²) in [6, 6.07) is 4.79. The van der Waals surface area contributed by atoms with Crippen molar-refractivity contribution in [3.05, 3.63) is 46.8 Å². The molecule has 1 N–H and O–H groups in total. The molecule has 0 bridgehead atoms. The van der Waals surface area contributed by atoms with Gasteiger partial charge < -0.3 is 5.32 Å². The molecule has 0 saturated heterocycles. The van der Waals surface area contributed by atoms with E-state index in [1.165, 1.54) is 12.1 Å². The summed E-state index contributed by atoms with van der Waals surface area (Å²) in [4.78, 5) is 17.2. The standard InChI is InChI=1S/C19H21F3N4O/c1-5-26-15-14(16(25-26)18(2,3)4)24-13(10-23-17(15)27)11-6-8-12(9-7-11)19(20,21)22/h6-9H,5,10H2,1-4H3,(H,23,27). The first-order valence-electron chi connectivity index (χ1n) is 8.67. The molecule has 5 nitrogen and oxygen atoms in total. The highest BCUT2D eigenvalue weighted by molar-refractivity contribution is 6.10. The number of aryl methyl sites for hydroxylation is 1. The summed E-state index contributed by atoms with van der Waals surface area (Å²) < 4.78 is 40.0. The van der Waals surface area contributed by atoms with Crippen molar-refractivity contribution < 1.29 is 18.0 Å². The normalized spacial score (nSPS) is 15.1. The summed E-state index contributed by atoms with van der Waals surface area (Å²) >= 11 is 0. The van der Waals surface area contributed by atoms with Gasteiger partial charge in [-0.2, -0.15) is 18.3 Å². The van der Waals surface area contributed by atoms with Crippen molar-refractivity contribution >= 4 is 17.3 Å². The molecule has 0 saturated carbocycles. The van der Waals surface area contributed by atoms with E-state index in [0.29, 0.717) is 34.9 Å². The van der Waals surface area contributed by atoms with E-state index < -0.39 is 11.7 Å². The molecule has 3 rings (SSSR count). The van der Waals surface area contributed by atoms with Crippen LogP contribution in [-0.4, -0.2) is 27.9 Å². The summed E-state index contributed by atoms with van der Waals surface area (Å²) in [6.45, 7) is 8.46. The molecule has 2 aromatic rings. The van der Waals surface area contributed by atoms with Crippen molar-refractivity contribution in [2.75, 3.05) is 6.54 Å². The smallest absolute Gasteiger partial charge is 0.345 e. The van der Waals surface area contributed by atoms with E-state index in [1.807, 2.05) is 27.7 Å². The first-order valence-corrected chi connectivity index (χ1v) is 8.67. The topological polar surface area (TPSA) is 59.3 Å². The quantitative estimate of drug-likeness (QED) is 0.856. The van der Waals surface area contributed by atoms with Crippen LogP contribution in [0.2, 0.25) is 0 Å². The Bertz CT molecular complexity index is 903. The van der Waals surface area contributed by atoms with Crippen molar-refractivity contribution in [2.24, 2.45) is 4.99 Å². The molecule has 1 aliphatic heterocycles. The maximum absolute atomic E-state index is 12.8. The van der Waals surface area contributed by atoms with Gasteiger partial charge >= 0.3 is 6.18 Å². The van der Waals surface area contributed by atoms with E-state index in [-0.39, 0.29) is 17.9 Å². The predicted octanol–water partition coefficient (Wildman–Crippen LogP) is 4.08. The lowest BCUT2D eigenvalue weighted by Gasteiger charge is -2.16. The van der Waals surface area contributed by atoms with Crippen LogP contribution in [0.15, 0.2) is 29.3 Å². The number of aromatic nitrogens is 2. The number of amides is 1. The molecule has 0 fully saturated rings. The van der Waals surface area contributed by atoms with E-state index >= 15 is 0 Å². The molecule has 27 heavy (non-hydrogen) atoms. The molecule has 1 aromatic heterocycles. The summed E-state index contributed by atoms with van der Waals surface area (Å²) in [5, 5.41) is 7.33. The minimum absolute atomic E-state index is 0.131. The van der Waals surface area contributed by atoms with E-state index in [0.717, 1.165) is 12.1 Å². The van der Waals surface area contributed by atoms with Crippen molar-refractivity contribution in [1.82, 2.24) is 15.1 Å². The van der Waals surface area contributed by atoms with Crippen LogP contribution < -0.4 is 5.32 Å². The highest BCUT2D eigenvalue weighted by atomic mass is 19.4. The van der Waals surface area contributed by atoms with Crippen LogP contribution in [0, 0.1) is 0 Å². The molecule has 2 heterocycles. The molecule has 1 aromatic carbocycles. The van der Waals surface area contributed by atoms with Gasteiger partial charge in [0.25, 0.3) is 5.91 Å². The van der Waals surface area contributed by atoms with Gasteiger partial charge in [0.2, 0.25) is 0 Å². The molecular weight excluding hydrogens is 357 g/mol. The zero-order valence-corrected chi connectivity index (χ0v) is 15.6. The van der Waals surface area contributed by atoms with Crippen LogP contribution >= 0.6 is 0 Å². The molecule has 0 unspecified atom stereocenters. The van der Waals surface area contributed by atoms with Gasteiger partial charge in [0.15, 0.2) is 5.69 Å². The number of carbonyl (C=O) groups is 1. The number of hydrogen-bond acceptors (Lipinski definition) is 3. The lowest BCUT2D eigenvalue weighted by molar-refractivity contribution is -0.137. The van der Waals surface area contributed by atoms with Gasteiger partial charge in [-0.15, -0.1) is 0 Å². The number of halogens is 3. The monoisotopic (exact) mass is 378 g/mol. The Morgan fingerprint density at radius 1 is 1.15 bits per heavy atom. The lowest BCUT2D eigenvalue weighted by atomic mass is 9.91. The third-order valence-corrected chi connectivity index (χ3v) is 4.36. The van der Waals surface area contributed by atoms with Gasteiger partial charge in [-0.3, -0.25) is 9.48 Å². The Balaban J connectivity index is 2.13. The Morgan fingerprint density at radius 3 is 2.30 bits per heavy atom. The number of aliphatic imine (C=N–C) groups is 1. The summed E-state index contributed by atoms with van der Waals surface area (Å²) in [5.41, 5.74) is 1.50. The summed E-state index contributed by atoms with van der Waals surface area (Å²) in [6.07, 6.45) is -4.40. The fourth-order valence-corrected chi connectivity index (χ4v) is 2.96. The second-order valence-corrected chi connectivity index (χ2v) is 7.43. The van der Waals surface area contributed by atoms with Crippen LogP contribution in [0.4, 0.5) is 18.9 Å². The number of carbonyl (C=O) groups excluding carboxylic acids is 1. The van der Waals surface area contributed by atoms with E-state index in [2.05, 4.69) is 15.4 Å². The fourth-order valence-electron chi connectivity index (χ4n) is 2.96. The van der Waals surface area contributed by atoms with Gasteiger partial charge in [-0.25, -0.2) is 4.99 Å². The number of rotatable bonds is 2. The molecular formula is C19H21F3N4O. The van der Waals surface area contributed by atoms with Crippen molar-refractivity contribution in [3.8, 4) is 0 Å². The van der Waals surface area contributed by atoms with Crippen LogP contribution in [-0.2, 0) is 18.1 Å². The van der Waals surface area contributed by atoms with Crippen LogP contribution in [0.5, 0.6) is 0 Å². The zero-order valence-electron chi connectivity index (χ0n) is 15.6. The van der Waals surface area contributed by atoms with Crippen molar-refractivity contribution in [2.45, 2.75) is 45.8 Å². The minimum atomic E-state index is -4.40. The molecule has 1 amide bonds. The first-order chi connectivity index (χ1) is 12.5. The SMILES string of the molecule is CCn1nc(C(C)(C)C)c2c1C(=O)NCC(c1ccc(C(F)(F)F)cc1)=N2. The van der Waals surface area contributed by atoms with E-state index in [4.69, 9.17) is 0 Å². The molecule has 0 radical (unpaired) electrons. The number of nitrogens with zero attached hydrogens (tertiary/aromatic N) is 3. The highest BCUT2D eigenvalue weighted by Gasteiger charge is 2.32. The number of fused-ring (bicyclic) bond motifs is 1. The molecule has 0 aliphatic carbocycles. The Kier molecular flexibility index (Phi) is 4.61. The first kappa shape index (κ1) is 19.1. The van der Waals surface area contributed by atoms with Crippen LogP contribution in [0.3, 0.4) is 0 Å². The van der Waals surface area contributed by atoms with E-state index in [1.54, 1.807) is 4.68 Å². The lowest BCUT2D eigenvalue weighted by Crippen LogP contribution is -2.30. The molecule has 0 spiro atoms. The van der Waals surface area contributed by atoms with Gasteiger partial charge in [-0.1, -0.05) is 32.9 Å². The number of hydrogen-bond donors (Lipinski definition) is 1. The second kappa shape index (κ2) is 6.51. The van der Waals surface area contributed by atoms with Crippen LogP contribution in [0.1, 0.15) is 55.0 Å². The van der Waals surface area contributed by atoms with Crippen LogP contribution in [0.25, 0.3) is 0 Å². The molecule has 1 aliphatic rings. The third-order valence-electron chi connectivity index (χ3n) is 4.36. The zero-order chi connectivity index (χ0) is 20.0.